The minimum Gasteiger partial charge on any atom is -0.324 e. The summed E-state index contributed by atoms with van der Waals surface area (Å²) < 4.78 is 2.77. The van der Waals surface area contributed by atoms with Crippen LogP contribution in [0.15, 0.2) is 42.7 Å². The first-order valence-electron chi connectivity index (χ1n) is 8.66. The molecule has 0 bridgehead atoms. The van der Waals surface area contributed by atoms with E-state index in [1.807, 2.05) is 0 Å². The Morgan fingerprint density at radius 2 is 1.86 bits per heavy atom. The molecule has 0 fully saturated rings. The summed E-state index contributed by atoms with van der Waals surface area (Å²) in [7, 11) is 1.71. The zero-order valence-corrected chi connectivity index (χ0v) is 16.0. The number of rotatable bonds is 6. The maximum atomic E-state index is 12.5. The van der Waals surface area contributed by atoms with Crippen molar-refractivity contribution < 1.29 is 14.5 Å². The maximum Gasteiger partial charge on any atom is 0.309 e. The molecule has 11 nitrogen and oxygen atoms in total. The molecule has 0 saturated heterocycles. The average molecular weight is 397 g/mol. The van der Waals surface area contributed by atoms with Crippen LogP contribution in [0.2, 0.25) is 0 Å². The first kappa shape index (κ1) is 19.7. The number of benzene rings is 1. The van der Waals surface area contributed by atoms with Crippen molar-refractivity contribution in [1.29, 1.82) is 0 Å². The van der Waals surface area contributed by atoms with Crippen molar-refractivity contribution in [2.24, 2.45) is 7.05 Å². The molecule has 0 aliphatic carbocycles. The average Bonchev–Trinajstić information content (AvgIpc) is 3.27. The Morgan fingerprint density at radius 3 is 2.45 bits per heavy atom. The van der Waals surface area contributed by atoms with Gasteiger partial charge in [-0.3, -0.25) is 29.1 Å². The Kier molecular flexibility index (Phi) is 5.39. The zero-order valence-electron chi connectivity index (χ0n) is 16.0. The molecular formula is C18H19N7O4. The van der Waals surface area contributed by atoms with Gasteiger partial charge in [0.05, 0.1) is 4.92 Å². The standard InChI is InChI=1S/C18H19N7O4/c1-11-16(25(28)29)10-24(21-11)12(2)17(26)19-13-5-4-6-14(9-13)20-18(27)15-7-8-23(3)22-15/h4-10,12H,1-3H3,(H,19,26)(H,20,27). The monoisotopic (exact) mass is 397 g/mol. The topological polar surface area (TPSA) is 137 Å². The lowest BCUT2D eigenvalue weighted by Gasteiger charge is -2.13. The van der Waals surface area contributed by atoms with Crippen molar-refractivity contribution in [2.75, 3.05) is 10.6 Å². The summed E-state index contributed by atoms with van der Waals surface area (Å²) in [5.41, 5.74) is 1.29. The number of carbonyl (C=O) groups is 2. The van der Waals surface area contributed by atoms with Crippen LogP contribution in [0.3, 0.4) is 0 Å². The summed E-state index contributed by atoms with van der Waals surface area (Å²) in [4.78, 5) is 35.1. The quantitative estimate of drug-likeness (QED) is 0.484. The number of hydrogen-bond donors (Lipinski definition) is 2. The highest BCUT2D eigenvalue weighted by molar-refractivity contribution is 6.03. The molecule has 0 aliphatic rings. The van der Waals surface area contributed by atoms with E-state index >= 15 is 0 Å². The number of nitrogens with one attached hydrogen (secondary N) is 2. The van der Waals surface area contributed by atoms with Gasteiger partial charge in [0.1, 0.15) is 17.9 Å². The smallest absolute Gasteiger partial charge is 0.309 e. The third-order valence-corrected chi connectivity index (χ3v) is 4.20. The Bertz CT molecular complexity index is 1090. The van der Waals surface area contributed by atoms with Gasteiger partial charge in [0.15, 0.2) is 5.69 Å². The Balaban J connectivity index is 1.69. The first-order valence-corrected chi connectivity index (χ1v) is 8.66. The number of aromatic nitrogens is 4. The van der Waals surface area contributed by atoms with Crippen LogP contribution in [0.4, 0.5) is 17.1 Å². The molecule has 0 spiro atoms. The molecule has 2 heterocycles. The fraction of sp³-hybridized carbons (Fsp3) is 0.222. The molecule has 2 amide bonds. The first-order chi connectivity index (χ1) is 13.7. The fourth-order valence-corrected chi connectivity index (χ4v) is 2.62. The van der Waals surface area contributed by atoms with Crippen molar-refractivity contribution in [1.82, 2.24) is 19.6 Å². The number of carbonyl (C=O) groups excluding carboxylic acids is 2. The lowest BCUT2D eigenvalue weighted by molar-refractivity contribution is -0.385. The predicted molar refractivity (Wildman–Crippen MR) is 105 cm³/mol. The van der Waals surface area contributed by atoms with Crippen LogP contribution in [0.25, 0.3) is 0 Å². The van der Waals surface area contributed by atoms with Gasteiger partial charge in [-0.25, -0.2) is 0 Å². The Morgan fingerprint density at radius 1 is 1.17 bits per heavy atom. The van der Waals surface area contributed by atoms with Gasteiger partial charge in [-0.1, -0.05) is 6.07 Å². The van der Waals surface area contributed by atoms with E-state index < -0.39 is 16.9 Å². The van der Waals surface area contributed by atoms with Crippen molar-refractivity contribution in [3.05, 3.63) is 64.2 Å². The maximum absolute atomic E-state index is 12.5. The largest absolute Gasteiger partial charge is 0.324 e. The molecular weight excluding hydrogens is 378 g/mol. The summed E-state index contributed by atoms with van der Waals surface area (Å²) >= 11 is 0. The molecule has 150 valence electrons. The summed E-state index contributed by atoms with van der Waals surface area (Å²) in [5.74, 6) is -0.780. The van der Waals surface area contributed by atoms with Crippen LogP contribution < -0.4 is 10.6 Å². The van der Waals surface area contributed by atoms with Crippen LogP contribution in [0, 0.1) is 17.0 Å². The van der Waals surface area contributed by atoms with E-state index in [4.69, 9.17) is 0 Å². The van der Waals surface area contributed by atoms with Crippen LogP contribution in [-0.4, -0.2) is 36.3 Å². The minimum atomic E-state index is -0.769. The lowest BCUT2D eigenvalue weighted by atomic mass is 10.2. The number of nitro groups is 1. The molecule has 3 rings (SSSR count). The minimum absolute atomic E-state index is 0.149. The fourth-order valence-electron chi connectivity index (χ4n) is 2.62. The van der Waals surface area contributed by atoms with Gasteiger partial charge in [-0.15, -0.1) is 0 Å². The van der Waals surface area contributed by atoms with E-state index in [-0.39, 0.29) is 23.0 Å². The summed E-state index contributed by atoms with van der Waals surface area (Å²) in [6.07, 6.45) is 2.89. The number of amides is 2. The van der Waals surface area contributed by atoms with Gasteiger partial charge in [0, 0.05) is 24.6 Å². The molecule has 0 aliphatic heterocycles. The van der Waals surface area contributed by atoms with E-state index in [1.165, 1.54) is 22.5 Å². The van der Waals surface area contributed by atoms with Crippen LogP contribution in [0.5, 0.6) is 0 Å². The van der Waals surface area contributed by atoms with Gasteiger partial charge < -0.3 is 10.6 Å². The van der Waals surface area contributed by atoms with E-state index in [1.54, 1.807) is 50.5 Å². The highest BCUT2D eigenvalue weighted by Gasteiger charge is 2.22. The highest BCUT2D eigenvalue weighted by Crippen LogP contribution is 2.21. The van der Waals surface area contributed by atoms with Crippen molar-refractivity contribution >= 4 is 28.9 Å². The number of aryl methyl sites for hydroxylation is 2. The van der Waals surface area contributed by atoms with Crippen LogP contribution >= 0.6 is 0 Å². The zero-order chi connectivity index (χ0) is 21.1. The second kappa shape index (κ2) is 7.92. The summed E-state index contributed by atoms with van der Waals surface area (Å²) in [6.45, 7) is 3.09. The molecule has 2 aromatic heterocycles. The third kappa shape index (κ3) is 4.46. The molecule has 0 saturated carbocycles. The van der Waals surface area contributed by atoms with Crippen molar-refractivity contribution in [2.45, 2.75) is 19.9 Å². The van der Waals surface area contributed by atoms with E-state index in [0.29, 0.717) is 11.4 Å². The summed E-state index contributed by atoms with van der Waals surface area (Å²) in [5, 5.41) is 24.5. The molecule has 2 N–H and O–H groups in total. The number of hydrogen-bond acceptors (Lipinski definition) is 6. The Labute approximate surface area is 165 Å². The van der Waals surface area contributed by atoms with Gasteiger partial charge in [-0.2, -0.15) is 10.2 Å². The predicted octanol–water partition coefficient (Wildman–Crippen LogP) is 2.29. The van der Waals surface area contributed by atoms with Gasteiger partial charge in [0.25, 0.3) is 5.91 Å². The number of nitrogens with zero attached hydrogens (tertiary/aromatic N) is 5. The van der Waals surface area contributed by atoms with Gasteiger partial charge >= 0.3 is 5.69 Å². The van der Waals surface area contributed by atoms with Crippen LogP contribution in [0.1, 0.15) is 29.1 Å². The molecule has 3 aromatic rings. The molecule has 0 radical (unpaired) electrons. The SMILES string of the molecule is Cc1nn(C(C)C(=O)Nc2cccc(NC(=O)c3ccn(C)n3)c2)cc1[N+](=O)[O-]. The second-order valence-electron chi connectivity index (χ2n) is 6.41. The molecule has 11 heteroatoms. The molecule has 1 unspecified atom stereocenters. The van der Waals surface area contributed by atoms with E-state index in [9.17, 15) is 19.7 Å². The summed E-state index contributed by atoms with van der Waals surface area (Å²) in [6, 6.07) is 7.44. The van der Waals surface area contributed by atoms with Gasteiger partial charge in [0.2, 0.25) is 5.91 Å². The molecule has 29 heavy (non-hydrogen) atoms. The van der Waals surface area contributed by atoms with Crippen LogP contribution in [-0.2, 0) is 11.8 Å². The van der Waals surface area contributed by atoms with E-state index in [2.05, 4.69) is 20.8 Å². The second-order valence-corrected chi connectivity index (χ2v) is 6.41. The van der Waals surface area contributed by atoms with E-state index in [0.717, 1.165) is 0 Å². The highest BCUT2D eigenvalue weighted by atomic mass is 16.6. The van der Waals surface area contributed by atoms with Gasteiger partial charge in [-0.05, 0) is 38.1 Å². The normalized spacial score (nSPS) is 11.7. The van der Waals surface area contributed by atoms with Crippen molar-refractivity contribution in [3.63, 3.8) is 0 Å². The lowest BCUT2D eigenvalue weighted by Crippen LogP contribution is -2.24. The molecule has 1 atom stereocenters. The Hall–Kier alpha value is -4.02. The molecule has 1 aromatic carbocycles. The third-order valence-electron chi connectivity index (χ3n) is 4.20. The number of anilines is 2. The van der Waals surface area contributed by atoms with Crippen molar-refractivity contribution in [3.8, 4) is 0 Å².